The minimum absolute atomic E-state index is 0.180. The molecule has 5 heterocycles. The quantitative estimate of drug-likeness (QED) is 0.160. The van der Waals surface area contributed by atoms with E-state index in [2.05, 4.69) is 17.9 Å². The minimum Gasteiger partial charge on any atom is -0.490 e. The summed E-state index contributed by atoms with van der Waals surface area (Å²) in [4.78, 5) is 20.6. The number of rotatable bonds is 3. The molecule has 6 bridgehead atoms. The molecule has 1 fully saturated rings. The zero-order valence-electron chi connectivity index (χ0n) is 29.8. The van der Waals surface area contributed by atoms with Gasteiger partial charge in [0.1, 0.15) is 17.4 Å². The first-order valence-corrected chi connectivity index (χ1v) is 17.0. The Balaban J connectivity index is 1.57. The van der Waals surface area contributed by atoms with Crippen molar-refractivity contribution in [1.29, 1.82) is 0 Å². The number of aryl methyl sites for hydroxylation is 2. The molecule has 7 rings (SSSR count). The third-order valence-corrected chi connectivity index (χ3v) is 9.21. The Morgan fingerprint density at radius 1 is 1.08 bits per heavy atom. The van der Waals surface area contributed by atoms with Crippen LogP contribution in [0.3, 0.4) is 0 Å². The van der Waals surface area contributed by atoms with Gasteiger partial charge < -0.3 is 23.8 Å². The minimum atomic E-state index is -1.03. The second-order valence-electron chi connectivity index (χ2n) is 14.5. The van der Waals surface area contributed by atoms with Crippen LogP contribution in [0.1, 0.15) is 76.8 Å². The average molecular weight is 671 g/mol. The molecule has 49 heavy (non-hydrogen) atoms. The topological polar surface area (TPSA) is 87.4 Å². The zero-order chi connectivity index (χ0) is 35.1. The summed E-state index contributed by atoms with van der Waals surface area (Å²) in [7, 11) is 1.37. The van der Waals surface area contributed by atoms with Crippen LogP contribution < -0.4 is 9.64 Å². The van der Waals surface area contributed by atoms with Crippen molar-refractivity contribution >= 4 is 17.4 Å². The number of methoxy groups -OCH3 is 1. The van der Waals surface area contributed by atoms with E-state index in [1.807, 2.05) is 84.0 Å². The summed E-state index contributed by atoms with van der Waals surface area (Å²) in [6.07, 6.45) is 5.07. The Bertz CT molecular complexity index is 1890. The number of hydrogen-bond donors (Lipinski definition) is 0. The second-order valence-corrected chi connectivity index (χ2v) is 14.5. The highest BCUT2D eigenvalue weighted by Crippen LogP contribution is 2.40. The number of piperidine rings is 1. The normalized spacial score (nSPS) is 21.2. The van der Waals surface area contributed by atoms with Crippen LogP contribution in [0.5, 0.6) is 5.75 Å². The first-order chi connectivity index (χ1) is 23.2. The molecule has 0 amide bonds. The first kappa shape index (κ1) is 34.6. The SMILES string of the molecule is COC(=O)[C@@H](OC(C)(C)C)c1c(C)nc2cc3nn2c1N1CCC(C)(CC1)OC/C=C\C[C@H](C)Oc1cc(C)cc(F)c1-c1cccc-3c1. The van der Waals surface area contributed by atoms with Gasteiger partial charge >= 0.3 is 5.97 Å². The van der Waals surface area contributed by atoms with Crippen LogP contribution in [0.2, 0.25) is 0 Å². The zero-order valence-corrected chi connectivity index (χ0v) is 29.8. The Hall–Kier alpha value is -4.28. The Morgan fingerprint density at radius 3 is 2.53 bits per heavy atom. The number of carbonyl (C=O) groups excluding carboxylic acids is 1. The van der Waals surface area contributed by atoms with Gasteiger partial charge in [-0.05, 0) is 90.6 Å². The van der Waals surface area contributed by atoms with Gasteiger partial charge in [0.2, 0.25) is 0 Å². The van der Waals surface area contributed by atoms with Crippen LogP contribution in [-0.2, 0) is 19.0 Å². The Kier molecular flexibility index (Phi) is 9.57. The van der Waals surface area contributed by atoms with Crippen molar-refractivity contribution in [2.24, 2.45) is 0 Å². The van der Waals surface area contributed by atoms with Gasteiger partial charge in [-0.1, -0.05) is 30.4 Å². The van der Waals surface area contributed by atoms with Crippen LogP contribution in [-0.4, -0.2) is 64.7 Å². The maximum atomic E-state index is 15.7. The molecule has 3 aliphatic heterocycles. The van der Waals surface area contributed by atoms with Gasteiger partial charge in [0.05, 0.1) is 47.8 Å². The van der Waals surface area contributed by atoms with E-state index in [9.17, 15) is 4.79 Å². The molecule has 9 nitrogen and oxygen atoms in total. The van der Waals surface area contributed by atoms with Crippen LogP contribution >= 0.6 is 0 Å². The number of fused-ring (bicyclic) bond motifs is 7. The summed E-state index contributed by atoms with van der Waals surface area (Å²) in [6.45, 7) is 15.4. The fraction of sp³-hybridized carbons (Fsp3) is 0.462. The van der Waals surface area contributed by atoms with Gasteiger partial charge in [-0.3, -0.25) is 0 Å². The lowest BCUT2D eigenvalue weighted by molar-refractivity contribution is -0.164. The van der Waals surface area contributed by atoms with E-state index >= 15 is 4.39 Å². The summed E-state index contributed by atoms with van der Waals surface area (Å²) in [5, 5.41) is 5.10. The molecule has 10 heteroatoms. The molecule has 4 aromatic rings. The van der Waals surface area contributed by atoms with Gasteiger partial charge in [0, 0.05) is 36.8 Å². The highest BCUT2D eigenvalue weighted by Gasteiger charge is 2.38. The summed E-state index contributed by atoms with van der Waals surface area (Å²) < 4.78 is 42.0. The van der Waals surface area contributed by atoms with Crippen molar-refractivity contribution in [3.05, 3.63) is 77.3 Å². The predicted molar refractivity (Wildman–Crippen MR) is 189 cm³/mol. The number of benzene rings is 2. The van der Waals surface area contributed by atoms with E-state index in [1.54, 1.807) is 4.52 Å². The highest BCUT2D eigenvalue weighted by atomic mass is 19.1. The number of anilines is 1. The van der Waals surface area contributed by atoms with E-state index in [1.165, 1.54) is 13.2 Å². The van der Waals surface area contributed by atoms with Crippen molar-refractivity contribution in [2.75, 3.05) is 31.7 Å². The number of hydrogen-bond acceptors (Lipinski definition) is 8. The van der Waals surface area contributed by atoms with E-state index in [0.717, 1.165) is 29.8 Å². The lowest BCUT2D eigenvalue weighted by Gasteiger charge is -2.41. The number of ether oxygens (including phenoxy) is 4. The fourth-order valence-electron chi connectivity index (χ4n) is 6.68. The first-order valence-electron chi connectivity index (χ1n) is 17.0. The molecule has 1 saturated heterocycles. The summed E-state index contributed by atoms with van der Waals surface area (Å²) in [5.41, 5.74) is 4.21. The molecule has 2 aromatic heterocycles. The van der Waals surface area contributed by atoms with Gasteiger partial charge in [-0.15, -0.1) is 0 Å². The third-order valence-electron chi connectivity index (χ3n) is 9.21. The molecule has 0 N–H and O–H groups in total. The van der Waals surface area contributed by atoms with E-state index in [-0.39, 0.29) is 17.5 Å². The molecule has 0 spiro atoms. The maximum absolute atomic E-state index is 15.7. The molecule has 0 radical (unpaired) electrons. The Morgan fingerprint density at radius 2 is 1.82 bits per heavy atom. The third kappa shape index (κ3) is 7.35. The number of carbonyl (C=O) groups is 1. The number of aromatic nitrogens is 3. The molecular weight excluding hydrogens is 623 g/mol. The molecule has 0 unspecified atom stereocenters. The van der Waals surface area contributed by atoms with Crippen molar-refractivity contribution < 1.29 is 28.1 Å². The van der Waals surface area contributed by atoms with Gasteiger partial charge in [0.25, 0.3) is 0 Å². The molecule has 2 atom stereocenters. The van der Waals surface area contributed by atoms with Gasteiger partial charge in [-0.25, -0.2) is 14.2 Å². The van der Waals surface area contributed by atoms with Gasteiger partial charge in [-0.2, -0.15) is 9.61 Å². The number of esters is 1. The van der Waals surface area contributed by atoms with Crippen molar-refractivity contribution in [3.63, 3.8) is 0 Å². The van der Waals surface area contributed by atoms with Crippen LogP contribution in [0.15, 0.2) is 54.6 Å². The fourth-order valence-corrected chi connectivity index (χ4v) is 6.68. The van der Waals surface area contributed by atoms with E-state index < -0.39 is 17.7 Å². The van der Waals surface area contributed by atoms with E-state index in [4.69, 9.17) is 29.0 Å². The Labute approximate surface area is 288 Å². The maximum Gasteiger partial charge on any atom is 0.339 e. The lowest BCUT2D eigenvalue weighted by Crippen LogP contribution is -2.45. The summed E-state index contributed by atoms with van der Waals surface area (Å²) in [5.74, 6) is 0.363. The molecule has 260 valence electrons. The second kappa shape index (κ2) is 13.6. The van der Waals surface area contributed by atoms with Crippen molar-refractivity contribution in [1.82, 2.24) is 14.6 Å². The molecular formula is C39H47FN4O5. The smallest absolute Gasteiger partial charge is 0.339 e. The number of halogens is 1. The van der Waals surface area contributed by atoms with Crippen LogP contribution in [0.4, 0.5) is 10.2 Å². The lowest BCUT2D eigenvalue weighted by atomic mass is 9.92. The number of nitrogens with zero attached hydrogens (tertiary/aromatic N) is 4. The average Bonchev–Trinajstić information content (AvgIpc) is 3.46. The van der Waals surface area contributed by atoms with Crippen LogP contribution in [0.25, 0.3) is 28.0 Å². The van der Waals surface area contributed by atoms with E-state index in [0.29, 0.717) is 65.6 Å². The standard InChI is InChI=1S/C39H47FN4O5/c1-24-20-29(40)34-28-14-11-13-27(22-28)30-23-32-41-26(3)33(35(37(45)46-8)49-38(4,5)6)36(44(32)42-30)43-17-15-39(7,16-18-43)47-19-10-9-12-25(2)48-31(34)21-24/h9-11,13-14,20-23,25,35H,12,15-19H2,1-8H3/b10-9-/t25-,35-/m0/s1. The molecule has 2 aromatic carbocycles. The van der Waals surface area contributed by atoms with Crippen molar-refractivity contribution in [2.45, 2.75) is 91.1 Å². The largest absolute Gasteiger partial charge is 0.490 e. The summed E-state index contributed by atoms with van der Waals surface area (Å²) in [6, 6.07) is 13.0. The molecule has 3 aliphatic rings. The monoisotopic (exact) mass is 670 g/mol. The van der Waals surface area contributed by atoms with Crippen molar-refractivity contribution in [3.8, 4) is 28.1 Å². The molecule has 0 aliphatic carbocycles. The van der Waals surface area contributed by atoms with Crippen LogP contribution in [0, 0.1) is 19.7 Å². The summed E-state index contributed by atoms with van der Waals surface area (Å²) >= 11 is 0. The highest BCUT2D eigenvalue weighted by molar-refractivity contribution is 5.81. The van der Waals surface area contributed by atoms with Gasteiger partial charge in [0.15, 0.2) is 11.8 Å². The molecule has 0 saturated carbocycles. The predicted octanol–water partition coefficient (Wildman–Crippen LogP) is 7.95.